The summed E-state index contributed by atoms with van der Waals surface area (Å²) in [5, 5.41) is 8.90. The van der Waals surface area contributed by atoms with Crippen molar-refractivity contribution in [3.63, 3.8) is 0 Å². The lowest BCUT2D eigenvalue weighted by atomic mass is 10.1. The Bertz CT molecular complexity index is 756. The molecule has 0 spiro atoms. The van der Waals surface area contributed by atoms with Gasteiger partial charge in [-0.2, -0.15) is 5.26 Å². The van der Waals surface area contributed by atoms with Gasteiger partial charge in [-0.25, -0.2) is 0 Å². The molecule has 0 aliphatic carbocycles. The molecular weight excluding hydrogens is 284 g/mol. The molecule has 3 rings (SSSR count). The molecule has 23 heavy (non-hydrogen) atoms. The summed E-state index contributed by atoms with van der Waals surface area (Å²) in [6.07, 6.45) is 1.71. The summed E-state index contributed by atoms with van der Waals surface area (Å²) in [5.74, 6) is 0.953. The molecule has 0 aliphatic rings. The Kier molecular flexibility index (Phi) is 4.88. The van der Waals surface area contributed by atoms with Crippen LogP contribution < -0.4 is 0 Å². The van der Waals surface area contributed by atoms with Crippen LogP contribution in [0.3, 0.4) is 0 Å². The lowest BCUT2D eigenvalue weighted by Crippen LogP contribution is -2.22. The molecule has 1 aromatic heterocycles. The zero-order valence-electron chi connectivity index (χ0n) is 12.9. The molecule has 3 nitrogen and oxygen atoms in total. The van der Waals surface area contributed by atoms with E-state index in [4.69, 9.17) is 9.68 Å². The number of nitrogens with zero attached hydrogens (tertiary/aromatic N) is 2. The molecule has 0 N–H and O–H groups in total. The van der Waals surface area contributed by atoms with E-state index in [1.165, 1.54) is 11.1 Å². The molecule has 0 aliphatic heterocycles. The molecule has 0 fully saturated rings. The summed E-state index contributed by atoms with van der Waals surface area (Å²) in [7, 11) is 0. The van der Waals surface area contributed by atoms with Crippen LogP contribution in [-0.4, -0.2) is 4.90 Å². The highest BCUT2D eigenvalue weighted by Crippen LogP contribution is 2.15. The van der Waals surface area contributed by atoms with Crippen LogP contribution in [0.2, 0.25) is 0 Å². The maximum absolute atomic E-state index is 8.90. The summed E-state index contributed by atoms with van der Waals surface area (Å²) in [5.41, 5.74) is 3.15. The Balaban J connectivity index is 1.75. The quantitative estimate of drug-likeness (QED) is 0.679. The lowest BCUT2D eigenvalue weighted by molar-refractivity contribution is 0.227. The molecule has 0 radical (unpaired) electrons. The molecule has 2 aromatic carbocycles. The second-order valence-corrected chi connectivity index (χ2v) is 5.52. The van der Waals surface area contributed by atoms with Crippen molar-refractivity contribution in [2.24, 2.45) is 0 Å². The van der Waals surface area contributed by atoms with Crippen LogP contribution in [0.5, 0.6) is 0 Å². The van der Waals surface area contributed by atoms with Crippen molar-refractivity contribution in [1.29, 1.82) is 5.26 Å². The van der Waals surface area contributed by atoms with Gasteiger partial charge in [0.2, 0.25) is 0 Å². The standard InChI is InChI=1S/C20H18N2O/c21-13-17-8-10-19(11-9-17)15-22(16-20-7-4-12-23-20)14-18-5-2-1-3-6-18/h1-12H,14-16H2. The second-order valence-electron chi connectivity index (χ2n) is 5.52. The minimum atomic E-state index is 0.689. The molecule has 3 aromatic rings. The number of nitriles is 1. The Morgan fingerprint density at radius 2 is 1.48 bits per heavy atom. The van der Waals surface area contributed by atoms with Gasteiger partial charge in [0, 0.05) is 13.1 Å². The highest BCUT2D eigenvalue weighted by Gasteiger charge is 2.10. The van der Waals surface area contributed by atoms with E-state index in [2.05, 4.69) is 35.2 Å². The van der Waals surface area contributed by atoms with Crippen LogP contribution in [0.25, 0.3) is 0 Å². The van der Waals surface area contributed by atoms with Gasteiger partial charge in [0.25, 0.3) is 0 Å². The van der Waals surface area contributed by atoms with Crippen LogP contribution in [0.1, 0.15) is 22.5 Å². The lowest BCUT2D eigenvalue weighted by Gasteiger charge is -2.21. The number of furan rings is 1. The topological polar surface area (TPSA) is 40.2 Å². The Morgan fingerprint density at radius 1 is 0.783 bits per heavy atom. The average molecular weight is 302 g/mol. The van der Waals surface area contributed by atoms with Gasteiger partial charge in [-0.15, -0.1) is 0 Å². The summed E-state index contributed by atoms with van der Waals surface area (Å²) in [6, 6.07) is 24.2. The second kappa shape index (κ2) is 7.44. The van der Waals surface area contributed by atoms with Gasteiger partial charge >= 0.3 is 0 Å². The third kappa shape index (κ3) is 4.32. The molecule has 0 amide bonds. The van der Waals surface area contributed by atoms with E-state index in [0.29, 0.717) is 5.56 Å². The molecule has 114 valence electrons. The minimum absolute atomic E-state index is 0.689. The van der Waals surface area contributed by atoms with Crippen LogP contribution in [0.4, 0.5) is 0 Å². The van der Waals surface area contributed by atoms with Gasteiger partial charge in [-0.1, -0.05) is 42.5 Å². The van der Waals surface area contributed by atoms with Gasteiger partial charge in [0.1, 0.15) is 5.76 Å². The van der Waals surface area contributed by atoms with E-state index in [1.54, 1.807) is 6.26 Å². The number of benzene rings is 2. The summed E-state index contributed by atoms with van der Waals surface area (Å²) >= 11 is 0. The highest BCUT2D eigenvalue weighted by atomic mass is 16.3. The van der Waals surface area contributed by atoms with Crippen molar-refractivity contribution in [3.05, 3.63) is 95.4 Å². The monoisotopic (exact) mass is 302 g/mol. The van der Waals surface area contributed by atoms with Gasteiger partial charge < -0.3 is 4.42 Å². The fraction of sp³-hybridized carbons (Fsp3) is 0.150. The van der Waals surface area contributed by atoms with Crippen molar-refractivity contribution in [1.82, 2.24) is 4.90 Å². The number of rotatable bonds is 6. The summed E-state index contributed by atoms with van der Waals surface area (Å²) in [4.78, 5) is 2.33. The first kappa shape index (κ1) is 15.1. The molecule has 1 heterocycles. The van der Waals surface area contributed by atoms with Crippen molar-refractivity contribution < 1.29 is 4.42 Å². The number of hydrogen-bond acceptors (Lipinski definition) is 3. The van der Waals surface area contributed by atoms with E-state index in [-0.39, 0.29) is 0 Å². The van der Waals surface area contributed by atoms with Crippen molar-refractivity contribution >= 4 is 0 Å². The maximum Gasteiger partial charge on any atom is 0.117 e. The Morgan fingerprint density at radius 3 is 2.09 bits per heavy atom. The summed E-state index contributed by atoms with van der Waals surface area (Å²) in [6.45, 7) is 2.41. The first-order valence-electron chi connectivity index (χ1n) is 7.61. The van der Waals surface area contributed by atoms with E-state index >= 15 is 0 Å². The van der Waals surface area contributed by atoms with Crippen LogP contribution >= 0.6 is 0 Å². The van der Waals surface area contributed by atoms with Crippen molar-refractivity contribution in [2.75, 3.05) is 0 Å². The third-order valence-electron chi connectivity index (χ3n) is 3.70. The van der Waals surface area contributed by atoms with Gasteiger partial charge in [0.05, 0.1) is 24.4 Å². The highest BCUT2D eigenvalue weighted by molar-refractivity contribution is 5.31. The van der Waals surface area contributed by atoms with Gasteiger partial charge in [-0.05, 0) is 35.4 Å². The van der Waals surface area contributed by atoms with E-state index < -0.39 is 0 Å². The zero-order chi connectivity index (χ0) is 15.9. The third-order valence-corrected chi connectivity index (χ3v) is 3.70. The fourth-order valence-electron chi connectivity index (χ4n) is 2.58. The molecule has 0 saturated carbocycles. The number of hydrogen-bond donors (Lipinski definition) is 0. The van der Waals surface area contributed by atoms with Gasteiger partial charge in [0.15, 0.2) is 0 Å². The predicted molar refractivity (Wildman–Crippen MR) is 89.3 cm³/mol. The maximum atomic E-state index is 8.90. The van der Waals surface area contributed by atoms with Crippen LogP contribution in [-0.2, 0) is 19.6 Å². The largest absolute Gasteiger partial charge is 0.468 e. The SMILES string of the molecule is N#Cc1ccc(CN(Cc2ccccc2)Cc2ccco2)cc1. The average Bonchev–Trinajstić information content (AvgIpc) is 3.09. The van der Waals surface area contributed by atoms with Crippen LogP contribution in [0, 0.1) is 11.3 Å². The minimum Gasteiger partial charge on any atom is -0.468 e. The van der Waals surface area contributed by atoms with Gasteiger partial charge in [-0.3, -0.25) is 4.90 Å². The van der Waals surface area contributed by atoms with E-state index in [9.17, 15) is 0 Å². The smallest absolute Gasteiger partial charge is 0.117 e. The summed E-state index contributed by atoms with van der Waals surface area (Å²) < 4.78 is 5.49. The molecule has 0 atom stereocenters. The van der Waals surface area contributed by atoms with Crippen LogP contribution in [0.15, 0.2) is 77.4 Å². The Labute approximate surface area is 136 Å². The first-order valence-corrected chi connectivity index (χ1v) is 7.61. The first-order chi connectivity index (χ1) is 11.3. The molecule has 3 heteroatoms. The fourth-order valence-corrected chi connectivity index (χ4v) is 2.58. The molecule has 0 saturated heterocycles. The van der Waals surface area contributed by atoms with E-state index in [1.807, 2.05) is 42.5 Å². The van der Waals surface area contributed by atoms with Crippen molar-refractivity contribution in [3.8, 4) is 6.07 Å². The van der Waals surface area contributed by atoms with E-state index in [0.717, 1.165) is 25.4 Å². The van der Waals surface area contributed by atoms with Crippen molar-refractivity contribution in [2.45, 2.75) is 19.6 Å². The Hall–Kier alpha value is -2.83. The molecule has 0 unspecified atom stereocenters. The zero-order valence-corrected chi connectivity index (χ0v) is 12.9. The molecule has 0 bridgehead atoms. The normalized spacial score (nSPS) is 10.6. The molecular formula is C20H18N2O. The predicted octanol–water partition coefficient (Wildman–Crippen LogP) is 4.35.